The minimum atomic E-state index is 0.300. The van der Waals surface area contributed by atoms with Gasteiger partial charge in [0, 0.05) is 19.1 Å². The topological polar surface area (TPSA) is 24.5 Å². The van der Waals surface area contributed by atoms with E-state index in [0.29, 0.717) is 11.7 Å². The monoisotopic (exact) mass is 266 g/mol. The Morgan fingerprint density at radius 1 is 1.05 bits per heavy atom. The molecule has 0 bridgehead atoms. The highest BCUT2D eigenvalue weighted by Crippen LogP contribution is 2.43. The normalized spacial score (nSPS) is 35.2. The van der Waals surface area contributed by atoms with Crippen LogP contribution in [0.25, 0.3) is 0 Å². The number of nitrogens with zero attached hydrogens (tertiary/aromatic N) is 1. The summed E-state index contributed by atoms with van der Waals surface area (Å²) in [6.07, 6.45) is 12.6. The molecule has 1 saturated carbocycles. The van der Waals surface area contributed by atoms with Gasteiger partial charge in [-0.15, -0.1) is 0 Å². The Morgan fingerprint density at radius 2 is 1.89 bits per heavy atom. The maximum absolute atomic E-state index is 6.35. The van der Waals surface area contributed by atoms with Crippen LogP contribution in [0.5, 0.6) is 0 Å². The summed E-state index contributed by atoms with van der Waals surface area (Å²) in [5, 5.41) is 3.67. The minimum Gasteiger partial charge on any atom is -0.370 e. The molecule has 2 saturated heterocycles. The third-order valence-electron chi connectivity index (χ3n) is 5.53. The first-order valence-corrected chi connectivity index (χ1v) is 8.36. The standard InChI is InChI=1S/C16H30N2O/c1-18-11-5-2-6-14(18)12-17-13-15-7-10-16(19-15)8-3-4-9-16/h14-15,17H,2-13H2,1H3. The van der Waals surface area contributed by atoms with Gasteiger partial charge in [0.15, 0.2) is 0 Å². The van der Waals surface area contributed by atoms with Crippen molar-refractivity contribution in [2.45, 2.75) is 75.5 Å². The van der Waals surface area contributed by atoms with Gasteiger partial charge in [-0.2, -0.15) is 0 Å². The lowest BCUT2D eigenvalue weighted by atomic mass is 9.98. The van der Waals surface area contributed by atoms with Crippen molar-refractivity contribution >= 4 is 0 Å². The fraction of sp³-hybridized carbons (Fsp3) is 1.00. The summed E-state index contributed by atoms with van der Waals surface area (Å²) in [6, 6.07) is 0.746. The molecule has 3 fully saturated rings. The molecular weight excluding hydrogens is 236 g/mol. The van der Waals surface area contributed by atoms with Crippen molar-refractivity contribution in [1.82, 2.24) is 10.2 Å². The first-order valence-electron chi connectivity index (χ1n) is 8.36. The number of likely N-dealkylation sites (tertiary alicyclic amines) is 1. The summed E-state index contributed by atoms with van der Waals surface area (Å²) in [4.78, 5) is 2.52. The SMILES string of the molecule is CN1CCCCC1CNCC1CCC2(CCCC2)O1. The van der Waals surface area contributed by atoms with Gasteiger partial charge in [0.2, 0.25) is 0 Å². The molecule has 19 heavy (non-hydrogen) atoms. The third kappa shape index (κ3) is 3.32. The van der Waals surface area contributed by atoms with Crippen LogP contribution in [-0.2, 0) is 4.74 Å². The maximum atomic E-state index is 6.35. The zero-order valence-electron chi connectivity index (χ0n) is 12.5. The molecule has 2 heterocycles. The van der Waals surface area contributed by atoms with Crippen LogP contribution in [-0.4, -0.2) is 49.3 Å². The molecular formula is C16H30N2O. The fourth-order valence-electron chi connectivity index (χ4n) is 4.24. The van der Waals surface area contributed by atoms with Gasteiger partial charge in [0.05, 0.1) is 11.7 Å². The van der Waals surface area contributed by atoms with Gasteiger partial charge in [-0.3, -0.25) is 0 Å². The minimum absolute atomic E-state index is 0.300. The molecule has 0 aromatic carbocycles. The van der Waals surface area contributed by atoms with Crippen molar-refractivity contribution in [3.05, 3.63) is 0 Å². The molecule has 1 aliphatic carbocycles. The van der Waals surface area contributed by atoms with Crippen LogP contribution in [0, 0.1) is 0 Å². The Kier molecular flexibility index (Phi) is 4.45. The second-order valence-corrected chi connectivity index (χ2v) is 6.96. The van der Waals surface area contributed by atoms with E-state index >= 15 is 0 Å². The molecule has 0 aromatic heterocycles. The Bertz CT molecular complexity index is 288. The predicted octanol–water partition coefficient (Wildman–Crippen LogP) is 2.55. The quantitative estimate of drug-likeness (QED) is 0.846. The Morgan fingerprint density at radius 3 is 2.68 bits per heavy atom. The first kappa shape index (κ1) is 13.8. The van der Waals surface area contributed by atoms with E-state index in [-0.39, 0.29) is 0 Å². The van der Waals surface area contributed by atoms with Gasteiger partial charge in [-0.25, -0.2) is 0 Å². The second-order valence-electron chi connectivity index (χ2n) is 6.96. The van der Waals surface area contributed by atoms with Crippen molar-refractivity contribution < 1.29 is 4.74 Å². The van der Waals surface area contributed by atoms with E-state index in [1.807, 2.05) is 0 Å². The van der Waals surface area contributed by atoms with Crippen LogP contribution in [0.3, 0.4) is 0 Å². The second kappa shape index (κ2) is 6.11. The van der Waals surface area contributed by atoms with Gasteiger partial charge >= 0.3 is 0 Å². The maximum Gasteiger partial charge on any atom is 0.0708 e. The van der Waals surface area contributed by atoms with Gasteiger partial charge < -0.3 is 15.0 Å². The lowest BCUT2D eigenvalue weighted by Gasteiger charge is -2.33. The average Bonchev–Trinajstić information content (AvgIpc) is 3.03. The highest BCUT2D eigenvalue weighted by molar-refractivity contribution is 4.93. The molecule has 3 rings (SSSR count). The highest BCUT2D eigenvalue weighted by atomic mass is 16.5. The van der Waals surface area contributed by atoms with Gasteiger partial charge in [0.25, 0.3) is 0 Å². The van der Waals surface area contributed by atoms with Crippen LogP contribution < -0.4 is 5.32 Å². The van der Waals surface area contributed by atoms with Crippen LogP contribution in [0.2, 0.25) is 0 Å². The number of piperidine rings is 1. The summed E-state index contributed by atoms with van der Waals surface area (Å²) >= 11 is 0. The summed E-state index contributed by atoms with van der Waals surface area (Å²) in [5.41, 5.74) is 0.300. The molecule has 1 spiro atoms. The molecule has 3 heteroatoms. The molecule has 2 atom stereocenters. The summed E-state index contributed by atoms with van der Waals surface area (Å²) in [7, 11) is 2.27. The molecule has 0 aromatic rings. The average molecular weight is 266 g/mol. The smallest absolute Gasteiger partial charge is 0.0708 e. The Labute approximate surface area is 118 Å². The third-order valence-corrected chi connectivity index (χ3v) is 5.53. The van der Waals surface area contributed by atoms with E-state index in [9.17, 15) is 0 Å². The largest absolute Gasteiger partial charge is 0.370 e. The van der Waals surface area contributed by atoms with E-state index in [2.05, 4.69) is 17.3 Å². The number of hydrogen-bond acceptors (Lipinski definition) is 3. The molecule has 110 valence electrons. The van der Waals surface area contributed by atoms with Crippen molar-refractivity contribution in [1.29, 1.82) is 0 Å². The van der Waals surface area contributed by atoms with E-state index < -0.39 is 0 Å². The number of nitrogens with one attached hydrogen (secondary N) is 1. The van der Waals surface area contributed by atoms with Crippen LogP contribution in [0.1, 0.15) is 57.8 Å². The molecule has 0 amide bonds. The van der Waals surface area contributed by atoms with Crippen molar-refractivity contribution in [2.24, 2.45) is 0 Å². The fourth-order valence-corrected chi connectivity index (χ4v) is 4.24. The molecule has 2 unspecified atom stereocenters. The highest BCUT2D eigenvalue weighted by Gasteiger charge is 2.41. The molecule has 3 aliphatic rings. The number of ether oxygens (including phenoxy) is 1. The number of likely N-dealkylation sites (N-methyl/N-ethyl adjacent to an activating group) is 1. The first-order chi connectivity index (χ1) is 9.27. The summed E-state index contributed by atoms with van der Waals surface area (Å²) in [6.45, 7) is 3.48. The van der Waals surface area contributed by atoms with Crippen LogP contribution in [0.15, 0.2) is 0 Å². The van der Waals surface area contributed by atoms with E-state index in [0.717, 1.165) is 19.1 Å². The zero-order chi connectivity index (χ0) is 13.1. The van der Waals surface area contributed by atoms with Gasteiger partial charge in [-0.05, 0) is 52.1 Å². The lowest BCUT2D eigenvalue weighted by Crippen LogP contribution is -2.44. The number of rotatable bonds is 4. The van der Waals surface area contributed by atoms with Crippen molar-refractivity contribution in [3.8, 4) is 0 Å². The van der Waals surface area contributed by atoms with E-state index in [1.165, 1.54) is 64.3 Å². The predicted molar refractivity (Wildman–Crippen MR) is 78.4 cm³/mol. The molecule has 2 aliphatic heterocycles. The molecule has 3 nitrogen and oxygen atoms in total. The lowest BCUT2D eigenvalue weighted by molar-refractivity contribution is -0.0355. The Balaban J connectivity index is 1.36. The molecule has 0 radical (unpaired) electrons. The van der Waals surface area contributed by atoms with Crippen molar-refractivity contribution in [2.75, 3.05) is 26.7 Å². The van der Waals surface area contributed by atoms with E-state index in [1.54, 1.807) is 0 Å². The van der Waals surface area contributed by atoms with Crippen LogP contribution >= 0.6 is 0 Å². The van der Waals surface area contributed by atoms with Crippen LogP contribution in [0.4, 0.5) is 0 Å². The van der Waals surface area contributed by atoms with Gasteiger partial charge in [-0.1, -0.05) is 19.3 Å². The Hall–Kier alpha value is -0.120. The molecule has 1 N–H and O–H groups in total. The van der Waals surface area contributed by atoms with Crippen molar-refractivity contribution in [3.63, 3.8) is 0 Å². The number of hydrogen-bond donors (Lipinski definition) is 1. The zero-order valence-corrected chi connectivity index (χ0v) is 12.5. The van der Waals surface area contributed by atoms with E-state index in [4.69, 9.17) is 4.74 Å². The van der Waals surface area contributed by atoms with Gasteiger partial charge in [0.1, 0.15) is 0 Å². The summed E-state index contributed by atoms with van der Waals surface area (Å²) < 4.78 is 6.35. The summed E-state index contributed by atoms with van der Waals surface area (Å²) in [5.74, 6) is 0.